The molecule has 43 heavy (non-hydrogen) atoms. The summed E-state index contributed by atoms with van der Waals surface area (Å²) < 4.78 is 55.6. The number of ether oxygens (including phenoxy) is 3. The molecule has 0 aromatic heterocycles. The molecule has 1 heterocycles. The number of carbonyl (C=O) groups excluding carboxylic acids is 1. The Morgan fingerprint density at radius 3 is 2.26 bits per heavy atom. The van der Waals surface area contributed by atoms with Crippen molar-refractivity contribution in [2.75, 3.05) is 40.0 Å². The number of hydrogen-bond donors (Lipinski definition) is 1. The highest BCUT2D eigenvalue weighted by molar-refractivity contribution is 5.80. The Hall–Kier alpha value is -4.26. The van der Waals surface area contributed by atoms with Gasteiger partial charge in [0.2, 0.25) is 0 Å². The first-order chi connectivity index (χ1) is 20.6. The number of piperidine rings is 1. The highest BCUT2D eigenvalue weighted by Gasteiger charge is 2.30. The largest absolute Gasteiger partial charge is 0.489 e. The number of likely N-dealkylation sites (tertiary alicyclic amines) is 1. The Labute approximate surface area is 249 Å². The Bertz CT molecular complexity index is 1460. The van der Waals surface area contributed by atoms with E-state index in [0.29, 0.717) is 23.6 Å². The molecule has 0 unspecified atom stereocenters. The molecule has 4 rings (SSSR count). The first-order valence-electron chi connectivity index (χ1n) is 13.9. The summed E-state index contributed by atoms with van der Waals surface area (Å²) in [4.78, 5) is 13.6. The molecule has 1 saturated heterocycles. The number of esters is 1. The molecule has 0 spiro atoms. The van der Waals surface area contributed by atoms with Crippen LogP contribution < -0.4 is 9.47 Å². The summed E-state index contributed by atoms with van der Waals surface area (Å²) in [7, 11) is 1.29. The van der Waals surface area contributed by atoms with Gasteiger partial charge in [-0.2, -0.15) is 13.2 Å². The maximum absolute atomic E-state index is 13.2. The molecule has 1 N–H and O–H groups in total. The summed E-state index contributed by atoms with van der Waals surface area (Å²) in [5.74, 6) is 6.96. The first kappa shape index (κ1) is 31.7. The van der Waals surface area contributed by atoms with Crippen LogP contribution in [0.1, 0.15) is 40.7 Å². The van der Waals surface area contributed by atoms with E-state index >= 15 is 0 Å². The minimum absolute atomic E-state index is 0.157. The van der Waals surface area contributed by atoms with Crippen molar-refractivity contribution in [1.29, 1.82) is 0 Å². The molecule has 1 fully saturated rings. The highest BCUT2D eigenvalue weighted by Crippen LogP contribution is 2.32. The first-order valence-corrected chi connectivity index (χ1v) is 13.9. The van der Waals surface area contributed by atoms with Crippen LogP contribution in [-0.2, 0) is 15.7 Å². The van der Waals surface area contributed by atoms with E-state index in [1.54, 1.807) is 18.2 Å². The van der Waals surface area contributed by atoms with Crippen LogP contribution in [0.3, 0.4) is 0 Å². The molecule has 0 bridgehead atoms. The average molecular weight is 594 g/mol. The van der Waals surface area contributed by atoms with Gasteiger partial charge in [-0.3, -0.25) is 4.90 Å². The zero-order valence-electron chi connectivity index (χ0n) is 24.1. The second kappa shape index (κ2) is 14.8. The number of rotatable bonds is 9. The van der Waals surface area contributed by atoms with E-state index < -0.39 is 17.7 Å². The standard InChI is InChI=1S/C34H34F3NO5/c1-24-22-30(13-14-32(24)43-23-33(40)41-2)42-21-17-31(27-9-11-28(12-10-27)34(35,36)37)26-7-5-25(6-8-26)4-3-18-38-19-15-29(39)16-20-38/h5-14,17,22,29,39H,15-16,18-21,23H2,1-2H3/b31-17+. The number of benzene rings is 3. The van der Waals surface area contributed by atoms with Crippen molar-refractivity contribution in [1.82, 2.24) is 4.90 Å². The fraction of sp³-hybridized carbons (Fsp3) is 0.324. The minimum atomic E-state index is -4.43. The number of carbonyl (C=O) groups is 1. The monoisotopic (exact) mass is 593 g/mol. The summed E-state index contributed by atoms with van der Waals surface area (Å²) in [5, 5.41) is 9.66. The SMILES string of the molecule is COC(=O)COc1ccc(OC/C=C(\c2ccc(C#CCN3CCC(O)CC3)cc2)c2ccc(C(F)(F)F)cc2)cc1C. The number of hydrogen-bond acceptors (Lipinski definition) is 6. The topological polar surface area (TPSA) is 68.2 Å². The van der Waals surface area contributed by atoms with Gasteiger partial charge >= 0.3 is 12.1 Å². The van der Waals surface area contributed by atoms with Crippen LogP contribution in [0.2, 0.25) is 0 Å². The van der Waals surface area contributed by atoms with Crippen molar-refractivity contribution < 1.29 is 37.3 Å². The van der Waals surface area contributed by atoms with Crippen LogP contribution in [0, 0.1) is 18.8 Å². The molecule has 226 valence electrons. The van der Waals surface area contributed by atoms with Crippen LogP contribution in [0.25, 0.3) is 5.57 Å². The summed E-state index contributed by atoms with van der Waals surface area (Å²) in [6, 6.07) is 17.8. The van der Waals surface area contributed by atoms with Crippen molar-refractivity contribution in [2.45, 2.75) is 32.0 Å². The van der Waals surface area contributed by atoms with Crippen LogP contribution >= 0.6 is 0 Å². The van der Waals surface area contributed by atoms with Gasteiger partial charge in [-0.1, -0.05) is 36.1 Å². The van der Waals surface area contributed by atoms with Gasteiger partial charge < -0.3 is 19.3 Å². The van der Waals surface area contributed by atoms with E-state index in [0.717, 1.165) is 60.3 Å². The molecule has 0 saturated carbocycles. The fourth-order valence-electron chi connectivity index (χ4n) is 4.60. The molecule has 3 aromatic rings. The fourth-order valence-corrected chi connectivity index (χ4v) is 4.60. The molecule has 9 heteroatoms. The number of alkyl halides is 3. The third kappa shape index (κ3) is 9.37. The summed E-state index contributed by atoms with van der Waals surface area (Å²) in [6.07, 6.45) is -1.31. The Balaban J connectivity index is 1.49. The maximum Gasteiger partial charge on any atom is 0.416 e. The minimum Gasteiger partial charge on any atom is -0.489 e. The van der Waals surface area contributed by atoms with Gasteiger partial charge in [0.25, 0.3) is 0 Å². The Morgan fingerprint density at radius 1 is 1.00 bits per heavy atom. The van der Waals surface area contributed by atoms with E-state index in [1.165, 1.54) is 19.2 Å². The lowest BCUT2D eigenvalue weighted by molar-refractivity contribution is -0.143. The lowest BCUT2D eigenvalue weighted by Crippen LogP contribution is -2.35. The number of nitrogens with zero attached hydrogens (tertiary/aromatic N) is 1. The summed E-state index contributed by atoms with van der Waals surface area (Å²) in [5.41, 5.74) is 3.02. The molecule has 0 amide bonds. The molecule has 0 atom stereocenters. The van der Waals surface area contributed by atoms with Crippen molar-refractivity contribution in [3.05, 3.63) is 101 Å². The number of aliphatic hydroxyl groups excluding tert-OH is 1. The molecular formula is C34H34F3NO5. The van der Waals surface area contributed by atoms with E-state index in [1.807, 2.05) is 37.3 Å². The lowest BCUT2D eigenvalue weighted by Gasteiger charge is -2.27. The van der Waals surface area contributed by atoms with Crippen molar-refractivity contribution in [3.8, 4) is 23.3 Å². The Kier molecular flexibility index (Phi) is 10.9. The van der Waals surface area contributed by atoms with Crippen molar-refractivity contribution >= 4 is 11.5 Å². The van der Waals surface area contributed by atoms with Gasteiger partial charge in [0.1, 0.15) is 18.1 Å². The molecule has 0 radical (unpaired) electrons. The lowest BCUT2D eigenvalue weighted by atomic mass is 9.96. The highest BCUT2D eigenvalue weighted by atomic mass is 19.4. The number of aliphatic hydroxyl groups is 1. The van der Waals surface area contributed by atoms with Gasteiger partial charge in [-0.25, -0.2) is 4.79 Å². The smallest absolute Gasteiger partial charge is 0.416 e. The zero-order chi connectivity index (χ0) is 30.8. The summed E-state index contributed by atoms with van der Waals surface area (Å²) >= 11 is 0. The van der Waals surface area contributed by atoms with E-state index in [4.69, 9.17) is 9.47 Å². The predicted octanol–water partition coefficient (Wildman–Crippen LogP) is 5.88. The molecule has 1 aliphatic heterocycles. The van der Waals surface area contributed by atoms with Crippen LogP contribution in [0.4, 0.5) is 13.2 Å². The average Bonchev–Trinajstić information content (AvgIpc) is 3.00. The van der Waals surface area contributed by atoms with E-state index in [2.05, 4.69) is 21.5 Å². The summed E-state index contributed by atoms with van der Waals surface area (Å²) in [6.45, 7) is 4.05. The van der Waals surface area contributed by atoms with Gasteiger partial charge in [0.15, 0.2) is 6.61 Å². The molecule has 6 nitrogen and oxygen atoms in total. The van der Waals surface area contributed by atoms with Gasteiger partial charge in [-0.05, 0) is 90.6 Å². The van der Waals surface area contributed by atoms with Crippen molar-refractivity contribution in [2.24, 2.45) is 0 Å². The number of halogens is 3. The van der Waals surface area contributed by atoms with Gasteiger partial charge in [0, 0.05) is 18.7 Å². The third-order valence-corrected chi connectivity index (χ3v) is 7.07. The quantitative estimate of drug-likeness (QED) is 0.247. The third-order valence-electron chi connectivity index (χ3n) is 7.07. The molecule has 0 aliphatic carbocycles. The van der Waals surface area contributed by atoms with Crippen LogP contribution in [-0.4, -0.2) is 62.0 Å². The predicted molar refractivity (Wildman–Crippen MR) is 158 cm³/mol. The van der Waals surface area contributed by atoms with Gasteiger partial charge in [0.05, 0.1) is 25.3 Å². The molecule has 1 aliphatic rings. The maximum atomic E-state index is 13.2. The van der Waals surface area contributed by atoms with Crippen LogP contribution in [0.5, 0.6) is 11.5 Å². The van der Waals surface area contributed by atoms with E-state index in [-0.39, 0.29) is 19.3 Å². The van der Waals surface area contributed by atoms with E-state index in [9.17, 15) is 23.1 Å². The second-order valence-corrected chi connectivity index (χ2v) is 10.2. The molecule has 3 aromatic carbocycles. The zero-order valence-corrected chi connectivity index (χ0v) is 24.1. The van der Waals surface area contributed by atoms with Gasteiger partial charge in [-0.15, -0.1) is 0 Å². The number of aryl methyl sites for hydroxylation is 1. The second-order valence-electron chi connectivity index (χ2n) is 10.2. The Morgan fingerprint density at radius 2 is 1.65 bits per heavy atom. The normalized spacial score (nSPS) is 14.5. The van der Waals surface area contributed by atoms with Crippen LogP contribution in [0.15, 0.2) is 72.8 Å². The van der Waals surface area contributed by atoms with Crippen molar-refractivity contribution in [3.63, 3.8) is 0 Å². The number of methoxy groups -OCH3 is 1. The molecular weight excluding hydrogens is 559 g/mol.